The normalized spacial score (nSPS) is 14.0. The number of hydrogen-bond donors (Lipinski definition) is 1. The summed E-state index contributed by atoms with van der Waals surface area (Å²) in [4.78, 5) is 11.0. The topological polar surface area (TPSA) is 61.5 Å². The van der Waals surface area contributed by atoms with E-state index >= 15 is 0 Å². The predicted molar refractivity (Wildman–Crippen MR) is 57.6 cm³/mol. The van der Waals surface area contributed by atoms with Crippen LogP contribution in [-0.2, 0) is 14.3 Å². The highest BCUT2D eigenvalue weighted by atomic mass is 35.5. The second-order valence-electron chi connectivity index (χ2n) is 3.11. The molecule has 0 saturated heterocycles. The molecule has 0 bridgehead atoms. The molecule has 0 aromatic carbocycles. The van der Waals surface area contributed by atoms with E-state index in [1.807, 2.05) is 6.92 Å². The monoisotopic (exact) mass is 225 g/mol. The van der Waals surface area contributed by atoms with Crippen LogP contribution in [0.1, 0.15) is 27.2 Å². The molecule has 2 atom stereocenters. The van der Waals surface area contributed by atoms with Crippen molar-refractivity contribution in [2.24, 2.45) is 5.73 Å². The van der Waals surface area contributed by atoms with Crippen molar-refractivity contribution >= 4 is 18.4 Å². The van der Waals surface area contributed by atoms with E-state index in [1.54, 1.807) is 13.8 Å². The molecule has 0 amide bonds. The first kappa shape index (κ1) is 16.1. The highest BCUT2D eigenvalue weighted by molar-refractivity contribution is 5.85. The molecule has 0 heterocycles. The van der Waals surface area contributed by atoms with Gasteiger partial charge in [0.1, 0.15) is 12.1 Å². The lowest BCUT2D eigenvalue weighted by Crippen LogP contribution is -2.32. The number of esters is 1. The van der Waals surface area contributed by atoms with E-state index in [-0.39, 0.29) is 24.5 Å². The zero-order valence-electron chi connectivity index (χ0n) is 8.99. The quantitative estimate of drug-likeness (QED) is 0.544. The molecule has 0 aliphatic carbocycles. The molecule has 0 saturated carbocycles. The summed E-state index contributed by atoms with van der Waals surface area (Å²) in [5.74, 6) is -0.382. The highest BCUT2D eigenvalue weighted by Crippen LogP contribution is 1.95. The summed E-state index contributed by atoms with van der Waals surface area (Å²) in [5.41, 5.74) is 5.32. The Bertz CT molecular complexity index is 153. The Morgan fingerprint density at radius 2 is 2.00 bits per heavy atom. The molecule has 0 radical (unpaired) electrons. The number of nitrogens with two attached hydrogens (primary N) is 1. The molecule has 0 aliphatic rings. The molecule has 0 aliphatic heterocycles. The summed E-state index contributed by atoms with van der Waals surface area (Å²) in [7, 11) is 0. The average Bonchev–Trinajstić information content (AvgIpc) is 2.04. The molecule has 0 aromatic heterocycles. The number of halogens is 1. The lowest BCUT2D eigenvalue weighted by Gasteiger charge is -2.14. The van der Waals surface area contributed by atoms with Crippen LogP contribution in [0.15, 0.2) is 0 Å². The first-order valence-electron chi connectivity index (χ1n) is 4.61. The third kappa shape index (κ3) is 8.29. The second-order valence-corrected chi connectivity index (χ2v) is 3.11. The summed E-state index contributed by atoms with van der Waals surface area (Å²) in [6.07, 6.45) is 0.749. The van der Waals surface area contributed by atoms with Crippen molar-refractivity contribution < 1.29 is 14.3 Å². The van der Waals surface area contributed by atoms with E-state index in [0.29, 0.717) is 13.2 Å². The Labute approximate surface area is 91.5 Å². The van der Waals surface area contributed by atoms with Gasteiger partial charge in [0.2, 0.25) is 0 Å². The summed E-state index contributed by atoms with van der Waals surface area (Å²) in [6, 6.07) is -0.561. The average molecular weight is 226 g/mol. The van der Waals surface area contributed by atoms with E-state index in [2.05, 4.69) is 0 Å². The molecule has 0 spiro atoms. The summed E-state index contributed by atoms with van der Waals surface area (Å²) >= 11 is 0. The predicted octanol–water partition coefficient (Wildman–Crippen LogP) is 1.11. The van der Waals surface area contributed by atoms with Gasteiger partial charge >= 0.3 is 5.97 Å². The fourth-order valence-corrected chi connectivity index (χ4v) is 0.733. The third-order valence-electron chi connectivity index (χ3n) is 1.39. The van der Waals surface area contributed by atoms with Crippen LogP contribution in [0, 0.1) is 0 Å². The number of rotatable bonds is 6. The van der Waals surface area contributed by atoms with Gasteiger partial charge in [0, 0.05) is 6.61 Å². The van der Waals surface area contributed by atoms with Gasteiger partial charge in [0.05, 0.1) is 6.61 Å². The van der Waals surface area contributed by atoms with Gasteiger partial charge in [0.15, 0.2) is 0 Å². The van der Waals surface area contributed by atoms with Crippen LogP contribution in [0.2, 0.25) is 0 Å². The molecule has 86 valence electrons. The van der Waals surface area contributed by atoms with E-state index in [4.69, 9.17) is 15.2 Å². The van der Waals surface area contributed by atoms with Crippen LogP contribution in [0.25, 0.3) is 0 Å². The van der Waals surface area contributed by atoms with Gasteiger partial charge in [-0.2, -0.15) is 0 Å². The van der Waals surface area contributed by atoms with Crippen molar-refractivity contribution in [1.29, 1.82) is 0 Å². The van der Waals surface area contributed by atoms with E-state index in [9.17, 15) is 4.79 Å². The lowest BCUT2D eigenvalue weighted by molar-refractivity contribution is -0.152. The fourth-order valence-electron chi connectivity index (χ4n) is 0.733. The molecular weight excluding hydrogens is 206 g/mol. The Hall–Kier alpha value is -0.320. The fraction of sp³-hybridized carbons (Fsp3) is 0.889. The van der Waals surface area contributed by atoms with E-state index in [1.165, 1.54) is 0 Å². The Morgan fingerprint density at radius 3 is 2.43 bits per heavy atom. The molecule has 0 unspecified atom stereocenters. The van der Waals surface area contributed by atoms with Gasteiger partial charge in [-0.05, 0) is 20.3 Å². The lowest BCUT2D eigenvalue weighted by atomic mass is 10.3. The van der Waals surface area contributed by atoms with Gasteiger partial charge in [-0.25, -0.2) is 0 Å². The molecule has 4 nitrogen and oxygen atoms in total. The van der Waals surface area contributed by atoms with Crippen molar-refractivity contribution in [3.05, 3.63) is 0 Å². The molecule has 14 heavy (non-hydrogen) atoms. The van der Waals surface area contributed by atoms with Crippen molar-refractivity contribution in [3.8, 4) is 0 Å². The summed E-state index contributed by atoms with van der Waals surface area (Å²) in [6.45, 7) is 6.54. The van der Waals surface area contributed by atoms with Gasteiger partial charge in [-0.1, -0.05) is 6.92 Å². The van der Waals surface area contributed by atoms with Crippen LogP contribution < -0.4 is 5.73 Å². The third-order valence-corrected chi connectivity index (χ3v) is 1.39. The number of carbonyl (C=O) groups is 1. The van der Waals surface area contributed by atoms with Gasteiger partial charge < -0.3 is 15.2 Å². The molecule has 0 rings (SSSR count). The Balaban J connectivity index is 0. The smallest absolute Gasteiger partial charge is 0.322 e. The molecule has 2 N–H and O–H groups in total. The van der Waals surface area contributed by atoms with Crippen LogP contribution in [0.4, 0.5) is 0 Å². The van der Waals surface area contributed by atoms with Crippen molar-refractivity contribution in [1.82, 2.24) is 0 Å². The number of hydrogen-bond acceptors (Lipinski definition) is 4. The van der Waals surface area contributed by atoms with E-state index in [0.717, 1.165) is 6.42 Å². The summed E-state index contributed by atoms with van der Waals surface area (Å²) < 4.78 is 10.2. The van der Waals surface area contributed by atoms with Gasteiger partial charge in [-0.15, -0.1) is 12.4 Å². The van der Waals surface area contributed by atoms with Gasteiger partial charge in [-0.3, -0.25) is 4.79 Å². The minimum absolute atomic E-state index is 0. The molecule has 0 fully saturated rings. The first-order valence-corrected chi connectivity index (χ1v) is 4.61. The van der Waals surface area contributed by atoms with Crippen LogP contribution >= 0.6 is 12.4 Å². The zero-order chi connectivity index (χ0) is 10.3. The maximum Gasteiger partial charge on any atom is 0.322 e. The minimum Gasteiger partial charge on any atom is -0.459 e. The SMILES string of the molecule is CCCOC[C@H](C)OC(=O)[C@H](C)N.Cl. The van der Waals surface area contributed by atoms with Crippen molar-refractivity contribution in [2.75, 3.05) is 13.2 Å². The minimum atomic E-state index is -0.561. The van der Waals surface area contributed by atoms with Crippen molar-refractivity contribution in [3.63, 3.8) is 0 Å². The maximum atomic E-state index is 11.0. The second kappa shape index (κ2) is 9.24. The number of ether oxygens (including phenoxy) is 2. The van der Waals surface area contributed by atoms with E-state index < -0.39 is 6.04 Å². The molecule has 5 heteroatoms. The first-order chi connectivity index (χ1) is 6.07. The Morgan fingerprint density at radius 1 is 1.43 bits per heavy atom. The molecular formula is C9H20ClNO3. The zero-order valence-corrected chi connectivity index (χ0v) is 9.80. The molecule has 0 aromatic rings. The summed E-state index contributed by atoms with van der Waals surface area (Å²) in [5, 5.41) is 0. The van der Waals surface area contributed by atoms with Crippen LogP contribution in [0.5, 0.6) is 0 Å². The van der Waals surface area contributed by atoms with Gasteiger partial charge in [0.25, 0.3) is 0 Å². The van der Waals surface area contributed by atoms with Crippen molar-refractivity contribution in [2.45, 2.75) is 39.3 Å². The van der Waals surface area contributed by atoms with Crippen LogP contribution in [-0.4, -0.2) is 31.3 Å². The van der Waals surface area contributed by atoms with Crippen LogP contribution in [0.3, 0.4) is 0 Å². The number of carbonyl (C=O) groups excluding carboxylic acids is 1. The standard InChI is InChI=1S/C9H19NO3.ClH/c1-4-5-12-6-7(2)13-9(11)8(3)10;/h7-8H,4-6,10H2,1-3H3;1H/t7-,8-;/m0./s1. The Kier molecular flexibility index (Phi) is 10.6. The largest absolute Gasteiger partial charge is 0.459 e. The maximum absolute atomic E-state index is 11.0. The highest BCUT2D eigenvalue weighted by Gasteiger charge is 2.12.